The molecule has 2 atom stereocenters. The van der Waals surface area contributed by atoms with E-state index >= 15 is 0 Å². The van der Waals surface area contributed by atoms with Crippen LogP contribution >= 0.6 is 0 Å². The molecule has 0 aliphatic heterocycles. The second kappa shape index (κ2) is 5.67. The van der Waals surface area contributed by atoms with Crippen LogP contribution in [0.1, 0.15) is 64.2 Å². The van der Waals surface area contributed by atoms with Gasteiger partial charge in [-0.15, -0.1) is 0 Å². The first-order valence-corrected chi connectivity index (χ1v) is 6.84. The van der Waals surface area contributed by atoms with Gasteiger partial charge in [0.05, 0.1) is 0 Å². The third-order valence-corrected chi connectivity index (χ3v) is 4.41. The van der Waals surface area contributed by atoms with Crippen molar-refractivity contribution in [3.05, 3.63) is 0 Å². The zero-order chi connectivity index (χ0) is 10.5. The highest BCUT2D eigenvalue weighted by molar-refractivity contribution is 5.53. The van der Waals surface area contributed by atoms with Crippen LogP contribution in [0.15, 0.2) is 0 Å². The van der Waals surface area contributed by atoms with E-state index in [1.165, 1.54) is 64.1 Å². The van der Waals surface area contributed by atoms with Gasteiger partial charge in [0.25, 0.3) is 0 Å². The van der Waals surface area contributed by atoms with Crippen LogP contribution in [0.25, 0.3) is 0 Å². The minimum Gasteiger partial charge on any atom is -0.303 e. The molecule has 2 saturated carbocycles. The molecule has 15 heavy (non-hydrogen) atoms. The molecule has 0 aromatic rings. The summed E-state index contributed by atoms with van der Waals surface area (Å²) in [6, 6.07) is 0. The van der Waals surface area contributed by atoms with Crippen LogP contribution in [0.2, 0.25) is 0 Å². The summed E-state index contributed by atoms with van der Waals surface area (Å²) in [6.45, 7) is 0. The predicted molar refractivity (Wildman–Crippen MR) is 62.7 cm³/mol. The summed E-state index contributed by atoms with van der Waals surface area (Å²) < 4.78 is 0. The smallest absolute Gasteiger partial charge is 0.123 e. The Morgan fingerprint density at radius 1 is 0.867 bits per heavy atom. The van der Waals surface area contributed by atoms with Crippen molar-refractivity contribution in [3.63, 3.8) is 0 Å². The Labute approximate surface area is 93.6 Å². The van der Waals surface area contributed by atoms with E-state index in [1.54, 1.807) is 0 Å². The Kier molecular flexibility index (Phi) is 4.22. The summed E-state index contributed by atoms with van der Waals surface area (Å²) in [6.07, 6.45) is 14.9. The number of hydrogen-bond donors (Lipinski definition) is 0. The summed E-state index contributed by atoms with van der Waals surface area (Å²) in [4.78, 5) is 10.8. The largest absolute Gasteiger partial charge is 0.303 e. The first kappa shape index (κ1) is 11.2. The first-order chi connectivity index (χ1) is 7.38. The molecule has 1 nitrogen and oxygen atoms in total. The third kappa shape index (κ3) is 3.32. The maximum Gasteiger partial charge on any atom is 0.123 e. The van der Waals surface area contributed by atoms with Gasteiger partial charge in [-0.2, -0.15) is 0 Å². The van der Waals surface area contributed by atoms with Gasteiger partial charge in [0.15, 0.2) is 0 Å². The summed E-state index contributed by atoms with van der Waals surface area (Å²) in [5, 5.41) is 0. The van der Waals surface area contributed by atoms with Gasteiger partial charge in [-0.1, -0.05) is 44.9 Å². The molecule has 0 radical (unpaired) electrons. The minimum atomic E-state index is 0.396. The van der Waals surface area contributed by atoms with Crippen LogP contribution < -0.4 is 0 Å². The van der Waals surface area contributed by atoms with E-state index in [1.807, 2.05) is 0 Å². The van der Waals surface area contributed by atoms with Crippen molar-refractivity contribution in [2.75, 3.05) is 0 Å². The Morgan fingerprint density at radius 2 is 1.60 bits per heavy atom. The van der Waals surface area contributed by atoms with Gasteiger partial charge in [-0.3, -0.25) is 0 Å². The van der Waals surface area contributed by atoms with E-state index in [0.717, 1.165) is 18.3 Å². The normalized spacial score (nSPS) is 33.9. The highest BCUT2D eigenvalue weighted by atomic mass is 16.1. The second-order valence-electron chi connectivity index (χ2n) is 5.67. The number of carbonyl (C=O) groups is 1. The summed E-state index contributed by atoms with van der Waals surface area (Å²) in [7, 11) is 0. The van der Waals surface area contributed by atoms with Crippen molar-refractivity contribution in [3.8, 4) is 0 Å². The van der Waals surface area contributed by atoms with Crippen molar-refractivity contribution >= 4 is 6.29 Å². The van der Waals surface area contributed by atoms with Crippen molar-refractivity contribution < 1.29 is 4.79 Å². The van der Waals surface area contributed by atoms with Crippen LogP contribution in [-0.2, 0) is 4.79 Å². The lowest BCUT2D eigenvalue weighted by molar-refractivity contribution is -0.112. The number of carbonyl (C=O) groups excluding carboxylic acids is 1. The maximum atomic E-state index is 10.8. The molecule has 0 N–H and O–H groups in total. The van der Waals surface area contributed by atoms with Crippen molar-refractivity contribution in [1.29, 1.82) is 0 Å². The molecule has 2 unspecified atom stereocenters. The minimum absolute atomic E-state index is 0.396. The molecular formula is C14H24O. The van der Waals surface area contributed by atoms with Crippen LogP contribution in [0.5, 0.6) is 0 Å². The average molecular weight is 208 g/mol. The Balaban J connectivity index is 1.75. The van der Waals surface area contributed by atoms with E-state index in [2.05, 4.69) is 0 Å². The molecule has 86 valence electrons. The second-order valence-corrected chi connectivity index (χ2v) is 5.67. The van der Waals surface area contributed by atoms with Gasteiger partial charge in [-0.05, 0) is 31.1 Å². The molecular weight excluding hydrogens is 184 g/mol. The van der Waals surface area contributed by atoms with Gasteiger partial charge >= 0.3 is 0 Å². The van der Waals surface area contributed by atoms with E-state index in [4.69, 9.17) is 0 Å². The standard InChI is InChI=1S/C14H24O/c15-11-14-8-4-7-13(10-14)9-12-5-2-1-3-6-12/h11-14H,1-10H2. The molecule has 0 heterocycles. The molecule has 0 spiro atoms. The molecule has 0 aromatic carbocycles. The molecule has 2 aliphatic carbocycles. The van der Waals surface area contributed by atoms with Crippen molar-refractivity contribution in [2.45, 2.75) is 64.2 Å². The Bertz CT molecular complexity index is 194. The summed E-state index contributed by atoms with van der Waals surface area (Å²) in [5.74, 6) is 2.26. The van der Waals surface area contributed by atoms with Crippen LogP contribution in [0, 0.1) is 17.8 Å². The molecule has 1 heteroatoms. The monoisotopic (exact) mass is 208 g/mol. The quantitative estimate of drug-likeness (QED) is 0.641. The fourth-order valence-electron chi connectivity index (χ4n) is 3.56. The fourth-order valence-corrected chi connectivity index (χ4v) is 3.56. The molecule has 2 rings (SSSR count). The maximum absolute atomic E-state index is 10.8. The average Bonchev–Trinajstić information content (AvgIpc) is 2.31. The molecule has 2 aliphatic rings. The fraction of sp³-hybridized carbons (Fsp3) is 0.929. The van der Waals surface area contributed by atoms with Crippen molar-refractivity contribution in [1.82, 2.24) is 0 Å². The third-order valence-electron chi connectivity index (χ3n) is 4.41. The van der Waals surface area contributed by atoms with Crippen LogP contribution in [0.4, 0.5) is 0 Å². The number of aldehydes is 1. The van der Waals surface area contributed by atoms with E-state index < -0.39 is 0 Å². The lowest BCUT2D eigenvalue weighted by atomic mass is 9.75. The highest BCUT2D eigenvalue weighted by Crippen LogP contribution is 2.36. The van der Waals surface area contributed by atoms with Crippen LogP contribution in [-0.4, -0.2) is 6.29 Å². The zero-order valence-electron chi connectivity index (χ0n) is 9.79. The van der Waals surface area contributed by atoms with Gasteiger partial charge in [0.2, 0.25) is 0 Å². The Hall–Kier alpha value is -0.330. The van der Waals surface area contributed by atoms with Crippen LogP contribution in [0.3, 0.4) is 0 Å². The summed E-state index contributed by atoms with van der Waals surface area (Å²) in [5.41, 5.74) is 0. The van der Waals surface area contributed by atoms with Gasteiger partial charge in [-0.25, -0.2) is 0 Å². The molecule has 0 bridgehead atoms. The Morgan fingerprint density at radius 3 is 2.33 bits per heavy atom. The number of rotatable bonds is 3. The highest BCUT2D eigenvalue weighted by Gasteiger charge is 2.24. The van der Waals surface area contributed by atoms with Crippen molar-refractivity contribution in [2.24, 2.45) is 17.8 Å². The molecule has 0 amide bonds. The zero-order valence-corrected chi connectivity index (χ0v) is 9.79. The van der Waals surface area contributed by atoms with E-state index in [0.29, 0.717) is 5.92 Å². The lowest BCUT2D eigenvalue weighted by Crippen LogP contribution is -2.20. The predicted octanol–water partition coefficient (Wildman–Crippen LogP) is 3.96. The number of hydrogen-bond acceptors (Lipinski definition) is 1. The van der Waals surface area contributed by atoms with E-state index in [-0.39, 0.29) is 0 Å². The SMILES string of the molecule is O=CC1CCCC(CC2CCCCC2)C1. The first-order valence-electron chi connectivity index (χ1n) is 6.84. The van der Waals surface area contributed by atoms with Gasteiger partial charge in [0, 0.05) is 5.92 Å². The topological polar surface area (TPSA) is 17.1 Å². The molecule has 0 aromatic heterocycles. The molecule has 0 saturated heterocycles. The van der Waals surface area contributed by atoms with Gasteiger partial charge in [0.1, 0.15) is 6.29 Å². The lowest BCUT2D eigenvalue weighted by Gasteiger charge is -2.30. The van der Waals surface area contributed by atoms with E-state index in [9.17, 15) is 4.79 Å². The van der Waals surface area contributed by atoms with Gasteiger partial charge < -0.3 is 4.79 Å². The molecule has 2 fully saturated rings. The summed E-state index contributed by atoms with van der Waals surface area (Å²) >= 11 is 0.